The number of nitrogens with one attached hydrogen (secondary N) is 1. The fourth-order valence-electron chi connectivity index (χ4n) is 5.28. The van der Waals surface area contributed by atoms with Crippen LogP contribution in [-0.4, -0.2) is 38.2 Å². The summed E-state index contributed by atoms with van der Waals surface area (Å²) in [4.78, 5) is 25.3. The summed E-state index contributed by atoms with van der Waals surface area (Å²) in [5.74, 6) is -0.436. The Balaban J connectivity index is 0.00000405. The summed E-state index contributed by atoms with van der Waals surface area (Å²) in [5, 5.41) is 3.80. The molecule has 4 aromatic rings. The molecule has 1 fully saturated rings. The first-order chi connectivity index (χ1) is 19.6. The van der Waals surface area contributed by atoms with E-state index in [1.165, 1.54) is 19.2 Å². The molecule has 0 aliphatic heterocycles. The molecular weight excluding hydrogens is 582 g/mol. The van der Waals surface area contributed by atoms with Crippen molar-refractivity contribution in [2.75, 3.05) is 12.4 Å². The van der Waals surface area contributed by atoms with Gasteiger partial charge in [0.05, 0.1) is 17.9 Å². The van der Waals surface area contributed by atoms with Crippen LogP contribution in [0, 0.1) is 6.92 Å². The molecule has 1 N–H and O–H groups in total. The summed E-state index contributed by atoms with van der Waals surface area (Å²) >= 11 is 0. The molecule has 42 heavy (non-hydrogen) atoms. The third kappa shape index (κ3) is 7.27. The van der Waals surface area contributed by atoms with Crippen molar-refractivity contribution < 1.29 is 78.9 Å². The van der Waals surface area contributed by atoms with Crippen molar-refractivity contribution in [2.24, 2.45) is 7.05 Å². The van der Waals surface area contributed by atoms with E-state index in [1.807, 2.05) is 36.0 Å². The molecule has 0 radical (unpaired) electrons. The van der Waals surface area contributed by atoms with Gasteiger partial charge in [0.1, 0.15) is 21.9 Å². The van der Waals surface area contributed by atoms with Gasteiger partial charge in [-0.15, -0.1) is 0 Å². The first kappa shape index (κ1) is 32.2. The number of anilines is 1. The van der Waals surface area contributed by atoms with Gasteiger partial charge in [-0.1, -0.05) is 30.3 Å². The molecule has 0 atom stereocenters. The minimum Gasteiger partial charge on any atom is -0.538 e. The van der Waals surface area contributed by atoms with E-state index in [9.17, 15) is 18.0 Å². The summed E-state index contributed by atoms with van der Waals surface area (Å²) in [6, 6.07) is 16.9. The van der Waals surface area contributed by atoms with E-state index in [0.29, 0.717) is 23.4 Å². The van der Waals surface area contributed by atoms with Crippen molar-refractivity contribution >= 4 is 38.6 Å². The Hall–Kier alpha value is -2.67. The second-order valence-electron chi connectivity index (χ2n) is 10.3. The van der Waals surface area contributed by atoms with E-state index in [1.54, 1.807) is 37.3 Å². The molecule has 1 aliphatic carbocycles. The molecule has 1 aliphatic rings. The van der Waals surface area contributed by atoms with Crippen LogP contribution in [0.4, 0.5) is 10.5 Å². The van der Waals surface area contributed by atoms with Gasteiger partial charge in [0.25, 0.3) is 0 Å². The number of rotatable bonds is 8. The molecular formula is C31H32KN3O6S. The average molecular weight is 614 g/mol. The Labute approximate surface area is 288 Å². The number of ether oxygens (including phenoxy) is 2. The van der Waals surface area contributed by atoms with Crippen molar-refractivity contribution in [3.8, 4) is 5.75 Å². The maximum Gasteiger partial charge on any atom is 1.00 e. The number of carbonyl (C=O) groups is 2. The average Bonchev–Trinajstić information content (AvgIpc) is 3.56. The number of aromatic nitrogens is 1. The Morgan fingerprint density at radius 2 is 1.76 bits per heavy atom. The summed E-state index contributed by atoms with van der Waals surface area (Å²) in [6.45, 7) is 1.65. The first-order valence-electron chi connectivity index (χ1n) is 13.4. The van der Waals surface area contributed by atoms with E-state index in [0.717, 1.165) is 47.7 Å². The maximum absolute atomic E-state index is 12.8. The molecule has 1 saturated carbocycles. The standard InChI is InChI=1S/C31H33N3O6S.K/c1-20-8-4-7-11-29(20)41(37,38)33-30(35)22-13-12-21(28(17-22)39-3)16-23-19-34(2)27-15-14-24(18-26(23)27)32-31(36)40-25-9-5-6-10-25;/h4,7-8,11-15,17-19,25H,5-6,9-10,16H2,1-3H3,(H2,32,33,35,36);/q;+1/p-1. The number of fused-ring (bicyclic) bond motifs is 1. The van der Waals surface area contributed by atoms with Crippen LogP contribution in [0.15, 0.2) is 71.8 Å². The van der Waals surface area contributed by atoms with Crippen LogP contribution in [0.2, 0.25) is 0 Å². The third-order valence-corrected chi connectivity index (χ3v) is 8.80. The summed E-state index contributed by atoms with van der Waals surface area (Å²) in [6.07, 6.45) is 5.97. The Kier molecular flexibility index (Phi) is 10.6. The predicted molar refractivity (Wildman–Crippen MR) is 157 cm³/mol. The van der Waals surface area contributed by atoms with E-state index in [4.69, 9.17) is 9.47 Å². The number of hydrogen-bond acceptors (Lipinski definition) is 6. The van der Waals surface area contributed by atoms with Crippen LogP contribution in [0.3, 0.4) is 0 Å². The largest absolute Gasteiger partial charge is 1.00 e. The first-order valence-corrected chi connectivity index (χ1v) is 14.9. The summed E-state index contributed by atoms with van der Waals surface area (Å²) < 4.78 is 42.2. The van der Waals surface area contributed by atoms with Crippen molar-refractivity contribution in [3.63, 3.8) is 0 Å². The van der Waals surface area contributed by atoms with Gasteiger partial charge in [0.2, 0.25) is 0 Å². The molecule has 2 amide bonds. The fourth-order valence-corrected chi connectivity index (χ4v) is 6.43. The minimum absolute atomic E-state index is 0. The van der Waals surface area contributed by atoms with Gasteiger partial charge >= 0.3 is 57.5 Å². The van der Waals surface area contributed by atoms with Gasteiger partial charge in [0.15, 0.2) is 0 Å². The Bertz CT molecular complexity index is 1730. The molecule has 1 heterocycles. The topological polar surface area (TPSA) is 118 Å². The van der Waals surface area contributed by atoms with Crippen molar-refractivity contribution in [2.45, 2.75) is 50.0 Å². The number of benzene rings is 3. The van der Waals surface area contributed by atoms with Crippen LogP contribution in [0.5, 0.6) is 5.75 Å². The number of carbonyl (C=O) groups excluding carboxylic acids is 2. The van der Waals surface area contributed by atoms with Crippen LogP contribution < -0.4 is 61.4 Å². The van der Waals surface area contributed by atoms with Gasteiger partial charge in [-0.05, 0) is 79.6 Å². The zero-order valence-corrected chi connectivity index (χ0v) is 28.2. The SMILES string of the molecule is COc1cc(C(=O)[N-]S(=O)(=O)c2ccccc2C)ccc1Cc1cn(C)c2ccc(NC(=O)OC3CCCC3)cc12.[K+]. The van der Waals surface area contributed by atoms with E-state index in [2.05, 4.69) is 10.0 Å². The second-order valence-corrected chi connectivity index (χ2v) is 11.8. The van der Waals surface area contributed by atoms with E-state index < -0.39 is 22.0 Å². The number of methoxy groups -OCH3 is 1. The summed E-state index contributed by atoms with van der Waals surface area (Å²) in [7, 11) is -0.722. The van der Waals surface area contributed by atoms with Crippen molar-refractivity contribution in [1.82, 2.24) is 4.57 Å². The number of amides is 2. The zero-order valence-electron chi connectivity index (χ0n) is 24.2. The molecule has 0 saturated heterocycles. The number of hydrogen-bond donors (Lipinski definition) is 1. The third-order valence-electron chi connectivity index (χ3n) is 7.38. The molecule has 11 heteroatoms. The van der Waals surface area contributed by atoms with Crippen LogP contribution in [0.25, 0.3) is 15.6 Å². The molecule has 214 valence electrons. The van der Waals surface area contributed by atoms with Gasteiger partial charge in [-0.3, -0.25) is 5.32 Å². The molecule has 5 rings (SSSR count). The van der Waals surface area contributed by atoms with Gasteiger partial charge in [-0.25, -0.2) is 13.2 Å². The molecule has 9 nitrogen and oxygen atoms in total. The predicted octanol–water partition coefficient (Wildman–Crippen LogP) is 3.48. The normalized spacial score (nSPS) is 13.4. The monoisotopic (exact) mass is 613 g/mol. The quantitative estimate of drug-likeness (QED) is 0.304. The van der Waals surface area contributed by atoms with Gasteiger partial charge < -0.3 is 23.6 Å². The number of nitrogens with zero attached hydrogens (tertiary/aromatic N) is 2. The zero-order chi connectivity index (χ0) is 29.1. The molecule has 3 aromatic carbocycles. The Morgan fingerprint density at radius 1 is 1.02 bits per heavy atom. The summed E-state index contributed by atoms with van der Waals surface area (Å²) in [5.41, 5.74) is 4.03. The van der Waals surface area contributed by atoms with Crippen molar-refractivity contribution in [1.29, 1.82) is 0 Å². The fraction of sp³-hybridized carbons (Fsp3) is 0.290. The van der Waals surface area contributed by atoms with Crippen LogP contribution in [-0.2, 0) is 28.2 Å². The van der Waals surface area contributed by atoms with Crippen molar-refractivity contribution in [3.05, 3.63) is 93.8 Å². The number of sulfonamides is 1. The minimum atomic E-state index is -4.16. The smallest absolute Gasteiger partial charge is 0.538 e. The molecule has 0 unspecified atom stereocenters. The van der Waals surface area contributed by atoms with Gasteiger partial charge in [-0.2, -0.15) is 0 Å². The van der Waals surface area contributed by atoms with Crippen LogP contribution >= 0.6 is 0 Å². The van der Waals surface area contributed by atoms with E-state index >= 15 is 0 Å². The maximum atomic E-state index is 12.8. The Morgan fingerprint density at radius 3 is 2.48 bits per heavy atom. The second kappa shape index (κ2) is 13.7. The molecule has 0 bridgehead atoms. The number of aryl methyl sites for hydroxylation is 2. The van der Waals surface area contributed by atoms with E-state index in [-0.39, 0.29) is 67.9 Å². The molecule has 0 spiro atoms. The van der Waals surface area contributed by atoms with Gasteiger partial charge in [0, 0.05) is 41.8 Å². The van der Waals surface area contributed by atoms with Crippen LogP contribution in [0.1, 0.15) is 52.7 Å². The molecule has 1 aromatic heterocycles.